The van der Waals surface area contributed by atoms with Crippen LogP contribution < -0.4 is 0 Å². The smallest absolute Gasteiger partial charge is 0.306 e. The predicted molar refractivity (Wildman–Crippen MR) is 62.7 cm³/mol. The number of rotatable bonds is 2. The highest BCUT2D eigenvalue weighted by Crippen LogP contribution is 2.31. The molecule has 18 heavy (non-hydrogen) atoms. The first-order valence-corrected chi connectivity index (χ1v) is 5.62. The fourth-order valence-corrected chi connectivity index (χ4v) is 1.75. The third kappa shape index (κ3) is 2.55. The Morgan fingerprint density at radius 2 is 1.94 bits per heavy atom. The van der Waals surface area contributed by atoms with Crippen molar-refractivity contribution in [3.05, 3.63) is 47.5 Å². The predicted octanol–water partition coefficient (Wildman–Crippen LogP) is 3.76. The highest BCUT2D eigenvalue weighted by molar-refractivity contribution is 5.41. The van der Waals surface area contributed by atoms with Gasteiger partial charge in [-0.25, -0.2) is 4.98 Å². The monoisotopic (exact) mass is 254 g/mol. The quantitative estimate of drug-likeness (QED) is 0.797. The Labute approximate surface area is 103 Å². The first-order valence-electron chi connectivity index (χ1n) is 5.62. The van der Waals surface area contributed by atoms with Crippen LogP contribution in [0.2, 0.25) is 0 Å². The normalized spacial score (nSPS) is 11.8. The molecule has 0 aliphatic heterocycles. The molecule has 0 amide bonds. The minimum absolute atomic E-state index is 0.488. The van der Waals surface area contributed by atoms with Crippen LogP contribution in [0, 0.1) is 6.92 Å². The highest BCUT2D eigenvalue weighted by Gasteiger charge is 2.31. The zero-order valence-electron chi connectivity index (χ0n) is 10.1. The molecule has 0 saturated heterocycles. The second-order valence-corrected chi connectivity index (χ2v) is 4.16. The van der Waals surface area contributed by atoms with E-state index in [0.29, 0.717) is 17.7 Å². The number of alkyl halides is 3. The maximum Gasteiger partial charge on any atom is 0.416 e. The van der Waals surface area contributed by atoms with Crippen LogP contribution in [0.1, 0.15) is 23.7 Å². The van der Waals surface area contributed by atoms with Gasteiger partial charge in [0, 0.05) is 11.9 Å². The molecule has 0 aliphatic rings. The summed E-state index contributed by atoms with van der Waals surface area (Å²) in [6, 6.07) is 4.07. The molecular formula is C13H13F3N2. The summed E-state index contributed by atoms with van der Waals surface area (Å²) in [5.41, 5.74) is 1.29. The average molecular weight is 254 g/mol. The van der Waals surface area contributed by atoms with Crippen molar-refractivity contribution in [2.75, 3.05) is 0 Å². The largest absolute Gasteiger partial charge is 0.416 e. The Hall–Kier alpha value is -1.78. The van der Waals surface area contributed by atoms with Crippen molar-refractivity contribution < 1.29 is 13.2 Å². The summed E-state index contributed by atoms with van der Waals surface area (Å²) in [5, 5.41) is 0. The molecule has 2 aromatic rings. The van der Waals surface area contributed by atoms with Crippen LogP contribution in [-0.2, 0) is 12.6 Å². The zero-order chi connectivity index (χ0) is 13.3. The minimum Gasteiger partial charge on any atom is -0.306 e. The van der Waals surface area contributed by atoms with Gasteiger partial charge in [0.1, 0.15) is 0 Å². The van der Waals surface area contributed by atoms with Crippen molar-refractivity contribution >= 4 is 0 Å². The van der Waals surface area contributed by atoms with Crippen LogP contribution in [0.4, 0.5) is 13.2 Å². The lowest BCUT2D eigenvalue weighted by Gasteiger charge is -2.12. The number of aryl methyl sites for hydroxylation is 2. The average Bonchev–Trinajstić information content (AvgIpc) is 2.74. The Morgan fingerprint density at radius 1 is 1.22 bits per heavy atom. The molecule has 0 fully saturated rings. The van der Waals surface area contributed by atoms with E-state index in [1.807, 2.05) is 6.92 Å². The van der Waals surface area contributed by atoms with Crippen LogP contribution in [0.3, 0.4) is 0 Å². The second kappa shape index (κ2) is 4.48. The van der Waals surface area contributed by atoms with Crippen molar-refractivity contribution in [3.63, 3.8) is 0 Å². The van der Waals surface area contributed by atoms with Gasteiger partial charge in [-0.1, -0.05) is 6.92 Å². The van der Waals surface area contributed by atoms with E-state index in [1.54, 1.807) is 23.8 Å². The number of benzene rings is 1. The van der Waals surface area contributed by atoms with Crippen molar-refractivity contribution in [1.82, 2.24) is 9.55 Å². The van der Waals surface area contributed by atoms with E-state index in [1.165, 1.54) is 12.4 Å². The van der Waals surface area contributed by atoms with Crippen molar-refractivity contribution in [3.8, 4) is 5.69 Å². The van der Waals surface area contributed by atoms with Crippen LogP contribution in [0.15, 0.2) is 30.7 Å². The molecule has 96 valence electrons. The van der Waals surface area contributed by atoms with Gasteiger partial charge in [-0.15, -0.1) is 0 Å². The molecule has 2 nitrogen and oxygen atoms in total. The molecule has 0 saturated carbocycles. The Balaban J connectivity index is 2.54. The molecule has 0 radical (unpaired) electrons. The summed E-state index contributed by atoms with van der Waals surface area (Å²) >= 11 is 0. The Morgan fingerprint density at radius 3 is 2.44 bits per heavy atom. The molecule has 2 rings (SSSR count). The third-order valence-electron chi connectivity index (χ3n) is 2.72. The topological polar surface area (TPSA) is 17.8 Å². The maximum atomic E-state index is 12.8. The van der Waals surface area contributed by atoms with Gasteiger partial charge in [-0.2, -0.15) is 13.2 Å². The first kappa shape index (κ1) is 12.7. The van der Waals surface area contributed by atoms with Crippen molar-refractivity contribution in [1.29, 1.82) is 0 Å². The maximum absolute atomic E-state index is 12.8. The van der Waals surface area contributed by atoms with E-state index in [4.69, 9.17) is 0 Å². The lowest BCUT2D eigenvalue weighted by atomic mass is 10.1. The van der Waals surface area contributed by atoms with E-state index in [0.717, 1.165) is 11.8 Å². The van der Waals surface area contributed by atoms with Crippen LogP contribution >= 0.6 is 0 Å². The number of imidazole rings is 1. The van der Waals surface area contributed by atoms with Gasteiger partial charge in [0.05, 0.1) is 17.6 Å². The molecule has 1 aromatic heterocycles. The molecule has 0 aliphatic carbocycles. The third-order valence-corrected chi connectivity index (χ3v) is 2.72. The summed E-state index contributed by atoms with van der Waals surface area (Å²) in [6.07, 6.45) is -0.542. The van der Waals surface area contributed by atoms with E-state index in [-0.39, 0.29) is 0 Å². The molecule has 0 unspecified atom stereocenters. The van der Waals surface area contributed by atoms with E-state index >= 15 is 0 Å². The highest BCUT2D eigenvalue weighted by atomic mass is 19.4. The van der Waals surface area contributed by atoms with E-state index < -0.39 is 11.7 Å². The summed E-state index contributed by atoms with van der Waals surface area (Å²) in [6.45, 7) is 3.63. The fraction of sp³-hybridized carbons (Fsp3) is 0.308. The molecular weight excluding hydrogens is 241 g/mol. The van der Waals surface area contributed by atoms with Gasteiger partial charge in [-0.3, -0.25) is 0 Å². The van der Waals surface area contributed by atoms with Crippen molar-refractivity contribution in [2.24, 2.45) is 0 Å². The molecule has 0 N–H and O–H groups in total. The number of hydrogen-bond acceptors (Lipinski definition) is 1. The summed E-state index contributed by atoms with van der Waals surface area (Å²) in [5.74, 6) is 0. The number of aromatic nitrogens is 2. The number of nitrogens with zero attached hydrogens (tertiary/aromatic N) is 2. The standard InChI is InChI=1S/C13H13F3N2/c1-3-10-4-11(13(14,15)16)6-12(5-10)18-7-9(2)17-8-18/h4-8H,3H2,1-2H3. The van der Waals surface area contributed by atoms with Gasteiger partial charge >= 0.3 is 6.18 Å². The lowest BCUT2D eigenvalue weighted by Crippen LogP contribution is -2.07. The number of hydrogen-bond donors (Lipinski definition) is 0. The molecule has 0 bridgehead atoms. The van der Waals surface area contributed by atoms with Gasteiger partial charge in [-0.05, 0) is 37.1 Å². The van der Waals surface area contributed by atoms with Gasteiger partial charge in [0.25, 0.3) is 0 Å². The lowest BCUT2D eigenvalue weighted by molar-refractivity contribution is -0.137. The molecule has 1 heterocycles. The summed E-state index contributed by atoms with van der Waals surface area (Å²) < 4.78 is 39.9. The molecule has 1 aromatic carbocycles. The van der Waals surface area contributed by atoms with Crippen molar-refractivity contribution in [2.45, 2.75) is 26.4 Å². The zero-order valence-corrected chi connectivity index (χ0v) is 10.1. The molecule has 0 atom stereocenters. The van der Waals surface area contributed by atoms with Crippen LogP contribution in [-0.4, -0.2) is 9.55 Å². The van der Waals surface area contributed by atoms with Crippen LogP contribution in [0.25, 0.3) is 5.69 Å². The number of halogens is 3. The Bertz CT molecular complexity index is 556. The molecule has 5 heteroatoms. The fourth-order valence-electron chi connectivity index (χ4n) is 1.75. The SMILES string of the molecule is CCc1cc(-n2cnc(C)c2)cc(C(F)(F)F)c1. The van der Waals surface area contributed by atoms with E-state index in [2.05, 4.69) is 4.98 Å². The van der Waals surface area contributed by atoms with E-state index in [9.17, 15) is 13.2 Å². The summed E-state index contributed by atoms with van der Waals surface area (Å²) in [4.78, 5) is 4.02. The minimum atomic E-state index is -4.32. The molecule has 0 spiro atoms. The van der Waals surface area contributed by atoms with Crippen LogP contribution in [0.5, 0.6) is 0 Å². The van der Waals surface area contributed by atoms with Gasteiger partial charge in [0.15, 0.2) is 0 Å². The van der Waals surface area contributed by atoms with Gasteiger partial charge in [0.2, 0.25) is 0 Å². The first-order chi connectivity index (χ1) is 8.40. The summed E-state index contributed by atoms with van der Waals surface area (Å²) in [7, 11) is 0. The Kier molecular flexibility index (Phi) is 3.15. The second-order valence-electron chi connectivity index (χ2n) is 4.16. The van der Waals surface area contributed by atoms with Gasteiger partial charge < -0.3 is 4.57 Å².